The van der Waals surface area contributed by atoms with Crippen LogP contribution >= 0.6 is 22.6 Å². The molecule has 0 N–H and O–H groups in total. The van der Waals surface area contributed by atoms with E-state index in [1.807, 2.05) is 0 Å². The average molecular weight is 414 g/mol. The van der Waals surface area contributed by atoms with E-state index in [0.29, 0.717) is 12.2 Å². The summed E-state index contributed by atoms with van der Waals surface area (Å²) in [6, 6.07) is 0. The quantitative estimate of drug-likeness (QED) is 0.278. The van der Waals surface area contributed by atoms with Crippen molar-refractivity contribution in [1.29, 1.82) is 0 Å². The van der Waals surface area contributed by atoms with Crippen LogP contribution in [-0.4, -0.2) is 23.4 Å². The molecule has 3 aliphatic rings. The highest BCUT2D eigenvalue weighted by Crippen LogP contribution is 2.45. The van der Waals surface area contributed by atoms with Gasteiger partial charge in [0, 0.05) is 0 Å². The van der Waals surface area contributed by atoms with Gasteiger partial charge in [0.2, 0.25) is 0 Å². The van der Waals surface area contributed by atoms with Crippen LogP contribution in [-0.2, 0) is 4.74 Å². The third-order valence-electron chi connectivity index (χ3n) is 6.34. The van der Waals surface area contributed by atoms with Crippen molar-refractivity contribution in [2.45, 2.75) is 105 Å². The van der Waals surface area contributed by atoms with Crippen LogP contribution in [0.1, 0.15) is 89.9 Å². The number of halogens is 1. The second-order valence-electron chi connectivity index (χ2n) is 8.06. The Morgan fingerprint density at radius 2 is 1.18 bits per heavy atom. The Bertz CT molecular complexity index is 346. The van der Waals surface area contributed by atoms with Gasteiger partial charge in [-0.3, -0.25) is 0 Å². The maximum atomic E-state index is 6.62. The highest BCUT2D eigenvalue weighted by molar-refractivity contribution is 14.1. The average Bonchev–Trinajstić information content (AvgIpc) is 2.84. The van der Waals surface area contributed by atoms with E-state index in [-0.39, 0.29) is 3.32 Å². The highest BCUT2D eigenvalue weighted by atomic mass is 127. The normalized spacial score (nSPS) is 45.0. The third kappa shape index (κ3) is 4.65. The fourth-order valence-electron chi connectivity index (χ4n) is 5.12. The molecule has 5 atom stereocenters. The predicted octanol–water partition coefficient (Wildman–Crippen LogP) is 5.77. The molecule has 0 amide bonds. The summed E-state index contributed by atoms with van der Waals surface area (Å²) in [5.41, 5.74) is 0. The molecule has 3 fully saturated rings. The number of alkyl halides is 1. The smallest absolute Gasteiger partial charge is 0.0889 e. The number of hydrogen-bond donors (Lipinski definition) is 0. The first-order chi connectivity index (χ1) is 10.7. The van der Waals surface area contributed by atoms with Crippen LogP contribution in [0.15, 0.2) is 0 Å². The second-order valence-corrected chi connectivity index (χ2v) is 10.2. The summed E-state index contributed by atoms with van der Waals surface area (Å²) in [7, 11) is 6.43. The highest BCUT2D eigenvalue weighted by Gasteiger charge is 2.43. The summed E-state index contributed by atoms with van der Waals surface area (Å²) in [5, 5.41) is 0. The van der Waals surface area contributed by atoms with Gasteiger partial charge in [0.25, 0.3) is 0 Å². The summed E-state index contributed by atoms with van der Waals surface area (Å²) >= 11 is 2.49. The fraction of sp³-hybridized carbons (Fsp3) is 1.00. The van der Waals surface area contributed by atoms with Gasteiger partial charge in [-0.15, -0.1) is 0 Å². The van der Waals surface area contributed by atoms with E-state index >= 15 is 0 Å². The van der Waals surface area contributed by atoms with Crippen LogP contribution in [0.3, 0.4) is 0 Å². The van der Waals surface area contributed by atoms with Gasteiger partial charge in [-0.1, -0.05) is 74.0 Å². The van der Waals surface area contributed by atoms with Crippen LogP contribution < -0.4 is 0 Å². The Balaban J connectivity index is 1.65. The zero-order chi connectivity index (χ0) is 15.4. The Hall–Kier alpha value is 0.755. The SMILES string of the molecule is [B]C1(I)CCCCC2C(CCC1)OC1CCCCCCCC12. The Kier molecular flexibility index (Phi) is 6.57. The van der Waals surface area contributed by atoms with E-state index in [0.717, 1.165) is 18.3 Å². The lowest BCUT2D eigenvalue weighted by Crippen LogP contribution is -2.26. The molecule has 0 aromatic rings. The molecule has 0 aromatic carbocycles. The first-order valence-electron chi connectivity index (χ1n) is 9.79. The predicted molar refractivity (Wildman–Crippen MR) is 103 cm³/mol. The van der Waals surface area contributed by atoms with Gasteiger partial charge in [0.05, 0.1) is 20.1 Å². The topological polar surface area (TPSA) is 9.23 Å². The minimum atomic E-state index is 0.0306. The molecule has 5 unspecified atom stereocenters. The summed E-state index contributed by atoms with van der Waals surface area (Å²) in [6.07, 6.45) is 19.9. The minimum absolute atomic E-state index is 0.0306. The Morgan fingerprint density at radius 3 is 1.91 bits per heavy atom. The van der Waals surface area contributed by atoms with Crippen molar-refractivity contribution in [1.82, 2.24) is 0 Å². The van der Waals surface area contributed by atoms with Gasteiger partial charge in [-0.05, 0) is 53.7 Å². The van der Waals surface area contributed by atoms with Crippen molar-refractivity contribution in [2.24, 2.45) is 11.8 Å². The third-order valence-corrected chi connectivity index (χ3v) is 7.42. The summed E-state index contributed by atoms with van der Waals surface area (Å²) in [6.45, 7) is 0. The van der Waals surface area contributed by atoms with Crippen molar-refractivity contribution in [3.8, 4) is 0 Å². The molecule has 1 aliphatic heterocycles. The van der Waals surface area contributed by atoms with Crippen LogP contribution in [0.4, 0.5) is 0 Å². The van der Waals surface area contributed by atoms with Crippen LogP contribution in [0.5, 0.6) is 0 Å². The maximum Gasteiger partial charge on any atom is 0.0889 e. The van der Waals surface area contributed by atoms with Gasteiger partial charge in [0.1, 0.15) is 0 Å². The summed E-state index contributed by atoms with van der Waals surface area (Å²) in [5.74, 6) is 1.72. The summed E-state index contributed by atoms with van der Waals surface area (Å²) < 4.78 is 6.65. The molecule has 2 radical (unpaired) electrons. The van der Waals surface area contributed by atoms with Crippen LogP contribution in [0.25, 0.3) is 0 Å². The molecular formula is C19H32BIO. The molecular weight excluding hydrogens is 382 g/mol. The van der Waals surface area contributed by atoms with Crippen molar-refractivity contribution in [3.05, 3.63) is 0 Å². The second kappa shape index (κ2) is 8.22. The first-order valence-corrected chi connectivity index (χ1v) is 10.9. The molecule has 2 aliphatic carbocycles. The van der Waals surface area contributed by atoms with Crippen LogP contribution in [0.2, 0.25) is 0 Å². The number of fused-ring (bicyclic) bond motifs is 3. The lowest BCUT2D eigenvalue weighted by atomic mass is 9.74. The van der Waals surface area contributed by atoms with E-state index in [9.17, 15) is 0 Å². The van der Waals surface area contributed by atoms with Gasteiger partial charge in [-0.25, -0.2) is 0 Å². The number of hydrogen-bond acceptors (Lipinski definition) is 1. The molecule has 3 rings (SSSR count). The van der Waals surface area contributed by atoms with Crippen molar-refractivity contribution >= 4 is 30.4 Å². The molecule has 1 nitrogen and oxygen atoms in total. The van der Waals surface area contributed by atoms with Gasteiger partial charge in [0.15, 0.2) is 0 Å². The van der Waals surface area contributed by atoms with E-state index in [4.69, 9.17) is 12.6 Å². The zero-order valence-electron chi connectivity index (χ0n) is 14.1. The maximum absolute atomic E-state index is 6.62. The van der Waals surface area contributed by atoms with E-state index in [2.05, 4.69) is 22.6 Å². The Labute approximate surface area is 152 Å². The van der Waals surface area contributed by atoms with Crippen molar-refractivity contribution < 1.29 is 4.74 Å². The molecule has 2 saturated carbocycles. The monoisotopic (exact) mass is 414 g/mol. The standard InChI is InChI=1S/C19H32BIO/c20-19(21)13-7-6-10-16-15-9-4-2-1-3-5-11-17(15)22-18(16)12-8-14-19/h15-18H,1-14H2. The fourth-order valence-corrected chi connectivity index (χ4v) is 5.88. The molecule has 1 heterocycles. The molecule has 124 valence electrons. The Morgan fingerprint density at radius 1 is 0.682 bits per heavy atom. The number of ether oxygens (including phenoxy) is 1. The largest absolute Gasteiger partial charge is 0.374 e. The van der Waals surface area contributed by atoms with Crippen molar-refractivity contribution in [3.63, 3.8) is 0 Å². The van der Waals surface area contributed by atoms with Gasteiger partial charge < -0.3 is 4.74 Å². The van der Waals surface area contributed by atoms with E-state index < -0.39 is 0 Å². The molecule has 0 spiro atoms. The summed E-state index contributed by atoms with van der Waals surface area (Å²) in [4.78, 5) is 0. The van der Waals surface area contributed by atoms with Gasteiger partial charge >= 0.3 is 0 Å². The molecule has 1 saturated heterocycles. The molecule has 22 heavy (non-hydrogen) atoms. The van der Waals surface area contributed by atoms with E-state index in [1.165, 1.54) is 83.5 Å². The lowest BCUT2D eigenvalue weighted by Gasteiger charge is -2.29. The molecule has 3 heteroatoms. The van der Waals surface area contributed by atoms with Gasteiger partial charge in [-0.2, -0.15) is 0 Å². The zero-order valence-corrected chi connectivity index (χ0v) is 16.2. The molecule has 0 bridgehead atoms. The lowest BCUT2D eigenvalue weighted by molar-refractivity contribution is 0.0161. The van der Waals surface area contributed by atoms with E-state index in [1.54, 1.807) is 0 Å². The van der Waals surface area contributed by atoms with Crippen LogP contribution in [0, 0.1) is 11.8 Å². The number of rotatable bonds is 0. The molecule has 0 aromatic heterocycles. The van der Waals surface area contributed by atoms with Crippen molar-refractivity contribution in [2.75, 3.05) is 0 Å². The first kappa shape index (κ1) is 17.6. The minimum Gasteiger partial charge on any atom is -0.374 e.